The van der Waals surface area contributed by atoms with Crippen LogP contribution >= 0.6 is 11.3 Å². The van der Waals surface area contributed by atoms with Gasteiger partial charge in [0, 0.05) is 10.9 Å². The van der Waals surface area contributed by atoms with Gasteiger partial charge in [0.1, 0.15) is 22.3 Å². The predicted octanol–water partition coefficient (Wildman–Crippen LogP) is 4.98. The molecule has 0 saturated heterocycles. The number of aliphatic hydroxyl groups excluding tert-OH is 1. The summed E-state index contributed by atoms with van der Waals surface area (Å²) in [5.41, 5.74) is 10.5. The Morgan fingerprint density at radius 1 is 0.971 bits per heavy atom. The van der Waals surface area contributed by atoms with Crippen molar-refractivity contribution in [3.05, 3.63) is 71.7 Å². The largest absolute Gasteiger partial charge is 0.497 e. The molecular weight excluding hydrogens is 450 g/mol. The lowest BCUT2D eigenvalue weighted by molar-refractivity contribution is 0.280. The number of anilines is 3. The summed E-state index contributed by atoms with van der Waals surface area (Å²) < 4.78 is 12.9. The molecule has 0 aliphatic rings. The number of aliphatic hydroxyl groups is 1. The lowest BCUT2D eigenvalue weighted by Gasteiger charge is -2.14. The van der Waals surface area contributed by atoms with Crippen LogP contribution in [0.25, 0.3) is 27.2 Å². The standard InChI is InChI=1S/C25H23N5O3S/c1-32-16-9-7-15(8-10-16)23-18-13-17(33-2)11-12-21(18)30(25-29-28-22(14-31)34-25)24(23)27-20-6-4-3-5-19(20)26/h3-13,27,31H,14,26H2,1-2H3. The van der Waals surface area contributed by atoms with E-state index < -0.39 is 0 Å². The molecule has 0 fully saturated rings. The molecule has 0 aliphatic carbocycles. The number of rotatable bonds is 7. The molecule has 0 amide bonds. The fraction of sp³-hybridized carbons (Fsp3) is 0.120. The maximum atomic E-state index is 9.59. The maximum absolute atomic E-state index is 9.59. The molecule has 34 heavy (non-hydrogen) atoms. The second kappa shape index (κ2) is 9.05. The maximum Gasteiger partial charge on any atom is 0.218 e. The van der Waals surface area contributed by atoms with Gasteiger partial charge in [-0.05, 0) is 48.0 Å². The van der Waals surface area contributed by atoms with Crippen molar-refractivity contribution in [2.24, 2.45) is 0 Å². The van der Waals surface area contributed by atoms with E-state index in [-0.39, 0.29) is 6.61 Å². The number of para-hydroxylation sites is 2. The zero-order chi connectivity index (χ0) is 23.7. The van der Waals surface area contributed by atoms with Crippen molar-refractivity contribution >= 4 is 39.4 Å². The van der Waals surface area contributed by atoms with E-state index in [0.717, 1.165) is 45.0 Å². The number of nitrogen functional groups attached to an aromatic ring is 1. The van der Waals surface area contributed by atoms with E-state index in [9.17, 15) is 5.11 Å². The van der Waals surface area contributed by atoms with Crippen molar-refractivity contribution in [2.45, 2.75) is 6.61 Å². The molecule has 5 rings (SSSR count). The third-order valence-corrected chi connectivity index (χ3v) is 6.44. The topological polar surface area (TPSA) is 107 Å². The third kappa shape index (κ3) is 3.81. The number of nitrogens with zero attached hydrogens (tertiary/aromatic N) is 3. The van der Waals surface area contributed by atoms with Crippen LogP contribution in [0, 0.1) is 0 Å². The summed E-state index contributed by atoms with van der Waals surface area (Å²) in [6, 6.07) is 21.4. The Balaban J connectivity index is 1.84. The van der Waals surface area contributed by atoms with Gasteiger partial charge in [-0.15, -0.1) is 10.2 Å². The highest BCUT2D eigenvalue weighted by Crippen LogP contribution is 2.44. The zero-order valence-corrected chi connectivity index (χ0v) is 19.5. The molecule has 0 spiro atoms. The average molecular weight is 474 g/mol. The molecule has 5 aromatic rings. The Labute approximate surface area is 200 Å². The lowest BCUT2D eigenvalue weighted by Crippen LogP contribution is -2.03. The molecule has 4 N–H and O–H groups in total. The SMILES string of the molecule is COc1ccc(-c2c(Nc3ccccc3N)n(-c3nnc(CO)s3)c3ccc(OC)cc23)cc1. The first-order valence-electron chi connectivity index (χ1n) is 10.5. The summed E-state index contributed by atoms with van der Waals surface area (Å²) in [5, 5.41) is 23.7. The highest BCUT2D eigenvalue weighted by Gasteiger charge is 2.23. The van der Waals surface area contributed by atoms with Crippen molar-refractivity contribution in [3.8, 4) is 27.8 Å². The zero-order valence-electron chi connectivity index (χ0n) is 18.6. The second-order valence-electron chi connectivity index (χ2n) is 7.52. The minimum atomic E-state index is -0.176. The molecule has 9 heteroatoms. The van der Waals surface area contributed by atoms with E-state index in [1.54, 1.807) is 14.2 Å². The van der Waals surface area contributed by atoms with Crippen LogP contribution < -0.4 is 20.5 Å². The number of nitrogens with one attached hydrogen (secondary N) is 1. The van der Waals surface area contributed by atoms with Gasteiger partial charge < -0.3 is 25.6 Å². The fourth-order valence-electron chi connectivity index (χ4n) is 3.90. The first-order chi connectivity index (χ1) is 16.6. The van der Waals surface area contributed by atoms with Crippen molar-refractivity contribution < 1.29 is 14.6 Å². The molecule has 0 atom stereocenters. The van der Waals surface area contributed by atoms with Crippen molar-refractivity contribution in [3.63, 3.8) is 0 Å². The molecule has 0 radical (unpaired) electrons. The molecule has 2 aromatic heterocycles. The van der Waals surface area contributed by atoms with Gasteiger partial charge in [0.15, 0.2) is 0 Å². The van der Waals surface area contributed by atoms with Crippen LogP contribution in [0.2, 0.25) is 0 Å². The van der Waals surface area contributed by atoms with Crippen LogP contribution in [0.4, 0.5) is 17.2 Å². The predicted molar refractivity (Wildman–Crippen MR) is 135 cm³/mol. The summed E-state index contributed by atoms with van der Waals surface area (Å²) in [5.74, 6) is 2.27. The highest BCUT2D eigenvalue weighted by atomic mass is 32.1. The van der Waals surface area contributed by atoms with Gasteiger partial charge in [-0.3, -0.25) is 4.57 Å². The van der Waals surface area contributed by atoms with Crippen LogP contribution in [0.15, 0.2) is 66.7 Å². The molecule has 172 valence electrons. The lowest BCUT2D eigenvalue weighted by atomic mass is 10.0. The molecule has 2 heterocycles. The number of nitrogens with two attached hydrogens (primary N) is 1. The highest BCUT2D eigenvalue weighted by molar-refractivity contribution is 7.13. The molecule has 8 nitrogen and oxygen atoms in total. The van der Waals surface area contributed by atoms with Gasteiger partial charge in [-0.25, -0.2) is 0 Å². The van der Waals surface area contributed by atoms with Crippen LogP contribution in [0.1, 0.15) is 5.01 Å². The molecule has 0 aliphatic heterocycles. The number of fused-ring (bicyclic) bond motifs is 1. The minimum Gasteiger partial charge on any atom is -0.497 e. The molecule has 0 saturated carbocycles. The average Bonchev–Trinajstić information content (AvgIpc) is 3.47. The summed E-state index contributed by atoms with van der Waals surface area (Å²) >= 11 is 1.32. The number of benzene rings is 3. The van der Waals surface area contributed by atoms with Crippen molar-refractivity contribution in [2.75, 3.05) is 25.3 Å². The number of hydrogen-bond acceptors (Lipinski definition) is 8. The van der Waals surface area contributed by atoms with Crippen molar-refractivity contribution in [1.29, 1.82) is 0 Å². The molecule has 0 bridgehead atoms. The third-order valence-electron chi connectivity index (χ3n) is 5.55. The number of ether oxygens (including phenoxy) is 2. The summed E-state index contributed by atoms with van der Waals surface area (Å²) in [4.78, 5) is 0. The van der Waals surface area contributed by atoms with Crippen LogP contribution in [0.3, 0.4) is 0 Å². The smallest absolute Gasteiger partial charge is 0.218 e. The van der Waals surface area contributed by atoms with E-state index in [2.05, 4.69) is 15.5 Å². The quantitative estimate of drug-likeness (QED) is 0.286. The normalized spacial score (nSPS) is 11.0. The number of hydrogen-bond donors (Lipinski definition) is 3. The first kappa shape index (κ1) is 21.7. The van der Waals surface area contributed by atoms with E-state index in [1.807, 2.05) is 71.3 Å². The van der Waals surface area contributed by atoms with E-state index in [4.69, 9.17) is 15.2 Å². The fourth-order valence-corrected chi connectivity index (χ4v) is 4.62. The number of methoxy groups -OCH3 is 2. The molecule has 0 unspecified atom stereocenters. The number of aromatic nitrogens is 3. The summed E-state index contributed by atoms with van der Waals surface area (Å²) in [6.07, 6.45) is 0. The second-order valence-corrected chi connectivity index (χ2v) is 8.56. The summed E-state index contributed by atoms with van der Waals surface area (Å²) in [7, 11) is 3.29. The summed E-state index contributed by atoms with van der Waals surface area (Å²) in [6.45, 7) is -0.176. The van der Waals surface area contributed by atoms with Crippen LogP contribution in [-0.4, -0.2) is 34.1 Å². The van der Waals surface area contributed by atoms with E-state index >= 15 is 0 Å². The first-order valence-corrected chi connectivity index (χ1v) is 11.4. The van der Waals surface area contributed by atoms with Crippen LogP contribution in [-0.2, 0) is 6.61 Å². The van der Waals surface area contributed by atoms with Gasteiger partial charge >= 0.3 is 0 Å². The minimum absolute atomic E-state index is 0.176. The van der Waals surface area contributed by atoms with Gasteiger partial charge in [-0.1, -0.05) is 35.6 Å². The molecule has 3 aromatic carbocycles. The monoisotopic (exact) mass is 473 g/mol. The van der Waals surface area contributed by atoms with Gasteiger partial charge in [0.2, 0.25) is 5.13 Å². The van der Waals surface area contributed by atoms with Crippen LogP contribution in [0.5, 0.6) is 11.5 Å². The van der Waals surface area contributed by atoms with Gasteiger partial charge in [0.25, 0.3) is 0 Å². The Bertz CT molecular complexity index is 1460. The Morgan fingerprint density at radius 3 is 2.38 bits per heavy atom. The van der Waals surface area contributed by atoms with Crippen molar-refractivity contribution in [1.82, 2.24) is 14.8 Å². The van der Waals surface area contributed by atoms with E-state index in [0.29, 0.717) is 15.8 Å². The van der Waals surface area contributed by atoms with E-state index in [1.165, 1.54) is 11.3 Å². The molecular formula is C25H23N5O3S. The Morgan fingerprint density at radius 2 is 1.71 bits per heavy atom. The van der Waals surface area contributed by atoms with Gasteiger partial charge in [0.05, 0.1) is 37.7 Å². The Kier molecular flexibility index (Phi) is 5.79. The van der Waals surface area contributed by atoms with Gasteiger partial charge in [-0.2, -0.15) is 0 Å². The Hall–Kier alpha value is -4.08.